The smallest absolute Gasteiger partial charge is 0.294 e. The summed E-state index contributed by atoms with van der Waals surface area (Å²) in [4.78, 5) is 15.5. The summed E-state index contributed by atoms with van der Waals surface area (Å²) in [5.74, 6) is 0.881. The van der Waals surface area contributed by atoms with Crippen LogP contribution in [0.1, 0.15) is 17.4 Å². The molecule has 0 bridgehead atoms. The number of carbonyl (C=O) groups is 1. The molecule has 144 valence electrons. The van der Waals surface area contributed by atoms with Gasteiger partial charge in [-0.05, 0) is 24.6 Å². The van der Waals surface area contributed by atoms with E-state index in [1.807, 2.05) is 30.3 Å². The zero-order valence-corrected chi connectivity index (χ0v) is 15.7. The van der Waals surface area contributed by atoms with Gasteiger partial charge in [0.05, 0.1) is 7.11 Å². The molecule has 0 radical (unpaired) electrons. The highest BCUT2D eigenvalue weighted by atomic mass is 16.5. The van der Waals surface area contributed by atoms with E-state index in [2.05, 4.69) is 28.0 Å². The second-order valence-electron chi connectivity index (χ2n) is 6.55. The first kappa shape index (κ1) is 19.2. The third kappa shape index (κ3) is 4.59. The minimum Gasteiger partial charge on any atom is -0.496 e. The highest BCUT2D eigenvalue weighted by Crippen LogP contribution is 2.28. The topological polar surface area (TPSA) is 68.0 Å². The van der Waals surface area contributed by atoms with Gasteiger partial charge in [0.15, 0.2) is 6.23 Å². The van der Waals surface area contributed by atoms with Crippen molar-refractivity contribution in [3.63, 3.8) is 0 Å². The molecule has 0 amide bonds. The molecule has 1 atom stereocenters. The third-order valence-corrected chi connectivity index (χ3v) is 4.96. The molecule has 0 spiro atoms. The van der Waals surface area contributed by atoms with Crippen molar-refractivity contribution >= 4 is 12.2 Å². The zero-order chi connectivity index (χ0) is 19.1. The van der Waals surface area contributed by atoms with Gasteiger partial charge in [-0.15, -0.1) is 0 Å². The molecule has 1 aliphatic heterocycles. The Morgan fingerprint density at radius 1 is 1.11 bits per heavy atom. The lowest BCUT2D eigenvalue weighted by molar-refractivity contribution is -0.144. The number of benzene rings is 2. The van der Waals surface area contributed by atoms with Crippen LogP contribution in [0.5, 0.6) is 5.75 Å². The van der Waals surface area contributed by atoms with E-state index in [-0.39, 0.29) is 6.23 Å². The van der Waals surface area contributed by atoms with Crippen molar-refractivity contribution in [1.29, 1.82) is 0 Å². The minimum atomic E-state index is -0.340. The lowest BCUT2D eigenvalue weighted by atomic mass is 10.1. The number of hydrogen-bond donors (Lipinski definition) is 1. The molecular formula is C21H27N3O3. The Balaban J connectivity index is 1.68. The van der Waals surface area contributed by atoms with Gasteiger partial charge in [0.2, 0.25) is 0 Å². The summed E-state index contributed by atoms with van der Waals surface area (Å²) in [5, 5.41) is 0. The fourth-order valence-electron chi connectivity index (χ4n) is 3.55. The quantitative estimate of drug-likeness (QED) is 0.720. The molecule has 0 saturated carbocycles. The largest absolute Gasteiger partial charge is 0.496 e. The molecule has 6 heteroatoms. The molecule has 1 unspecified atom stereocenters. The van der Waals surface area contributed by atoms with Crippen LogP contribution in [-0.4, -0.2) is 51.2 Å². The summed E-state index contributed by atoms with van der Waals surface area (Å²) in [6, 6.07) is 16.2. The van der Waals surface area contributed by atoms with Crippen LogP contribution >= 0.6 is 0 Å². The standard InChI is InChI=1S/C21H27N3O3/c1-26-20-15-19(8-7-17(20)9-10-22)23-11-13-24(14-12-23)21(27-16-25)18-5-3-2-4-6-18/h2-8,15-16,21H,9-14,22H2,1H3. The van der Waals surface area contributed by atoms with E-state index in [1.165, 1.54) is 0 Å². The summed E-state index contributed by atoms with van der Waals surface area (Å²) >= 11 is 0. The number of rotatable bonds is 8. The number of methoxy groups -OCH3 is 1. The van der Waals surface area contributed by atoms with Crippen molar-refractivity contribution in [2.75, 3.05) is 44.7 Å². The Labute approximate surface area is 160 Å². The molecule has 1 aliphatic rings. The number of nitrogens with two attached hydrogens (primary N) is 1. The Morgan fingerprint density at radius 3 is 2.48 bits per heavy atom. The maximum Gasteiger partial charge on any atom is 0.294 e. The van der Waals surface area contributed by atoms with Crippen molar-refractivity contribution in [3.8, 4) is 5.75 Å². The van der Waals surface area contributed by atoms with Gasteiger partial charge in [-0.3, -0.25) is 9.69 Å². The van der Waals surface area contributed by atoms with Crippen LogP contribution in [0, 0.1) is 0 Å². The molecule has 2 aromatic rings. The van der Waals surface area contributed by atoms with E-state index in [0.29, 0.717) is 13.0 Å². The van der Waals surface area contributed by atoms with Crippen molar-refractivity contribution in [2.45, 2.75) is 12.6 Å². The molecule has 3 rings (SSSR count). The van der Waals surface area contributed by atoms with Gasteiger partial charge in [0.1, 0.15) is 5.75 Å². The van der Waals surface area contributed by atoms with Crippen molar-refractivity contribution < 1.29 is 14.3 Å². The first-order chi connectivity index (χ1) is 13.3. The van der Waals surface area contributed by atoms with Crippen LogP contribution in [0.4, 0.5) is 5.69 Å². The molecule has 1 fully saturated rings. The number of hydrogen-bond acceptors (Lipinski definition) is 6. The number of carbonyl (C=O) groups excluding carboxylic acids is 1. The van der Waals surface area contributed by atoms with Gasteiger partial charge >= 0.3 is 0 Å². The molecule has 2 N–H and O–H groups in total. The van der Waals surface area contributed by atoms with E-state index < -0.39 is 0 Å². The van der Waals surface area contributed by atoms with Crippen LogP contribution in [0.15, 0.2) is 48.5 Å². The molecule has 0 aliphatic carbocycles. The first-order valence-electron chi connectivity index (χ1n) is 9.27. The van der Waals surface area contributed by atoms with E-state index >= 15 is 0 Å². The van der Waals surface area contributed by atoms with Gasteiger partial charge in [-0.2, -0.15) is 0 Å². The van der Waals surface area contributed by atoms with Crippen LogP contribution < -0.4 is 15.4 Å². The molecule has 6 nitrogen and oxygen atoms in total. The van der Waals surface area contributed by atoms with Crippen molar-refractivity contribution in [1.82, 2.24) is 4.90 Å². The summed E-state index contributed by atoms with van der Waals surface area (Å²) in [5.41, 5.74) is 8.93. The summed E-state index contributed by atoms with van der Waals surface area (Å²) in [6.07, 6.45) is 0.464. The number of nitrogens with zero attached hydrogens (tertiary/aromatic N) is 2. The number of ether oxygens (including phenoxy) is 2. The predicted octanol–water partition coefficient (Wildman–Crippen LogP) is 2.19. The van der Waals surface area contributed by atoms with Gasteiger partial charge in [0, 0.05) is 43.5 Å². The molecule has 0 aromatic heterocycles. The average molecular weight is 369 g/mol. The van der Waals surface area contributed by atoms with Crippen molar-refractivity contribution in [2.24, 2.45) is 5.73 Å². The van der Waals surface area contributed by atoms with Gasteiger partial charge in [-0.25, -0.2) is 0 Å². The lowest BCUT2D eigenvalue weighted by Crippen LogP contribution is -2.48. The third-order valence-electron chi connectivity index (χ3n) is 4.96. The van der Waals surface area contributed by atoms with Crippen LogP contribution in [0.2, 0.25) is 0 Å². The van der Waals surface area contributed by atoms with Crippen LogP contribution in [0.3, 0.4) is 0 Å². The van der Waals surface area contributed by atoms with Gasteiger partial charge in [-0.1, -0.05) is 36.4 Å². The second-order valence-corrected chi connectivity index (χ2v) is 6.55. The highest BCUT2D eigenvalue weighted by molar-refractivity contribution is 5.54. The highest BCUT2D eigenvalue weighted by Gasteiger charge is 2.26. The monoisotopic (exact) mass is 369 g/mol. The Kier molecular flexibility index (Phi) is 6.68. The summed E-state index contributed by atoms with van der Waals surface area (Å²) in [6.45, 7) is 4.45. The molecule has 1 heterocycles. The minimum absolute atomic E-state index is 0.340. The van der Waals surface area contributed by atoms with E-state index in [1.54, 1.807) is 7.11 Å². The zero-order valence-electron chi connectivity index (χ0n) is 15.7. The Hall–Kier alpha value is -2.57. The van der Waals surface area contributed by atoms with Gasteiger partial charge in [0.25, 0.3) is 6.47 Å². The van der Waals surface area contributed by atoms with Crippen molar-refractivity contribution in [3.05, 3.63) is 59.7 Å². The maximum absolute atomic E-state index is 11.0. The normalized spacial score (nSPS) is 16.0. The summed E-state index contributed by atoms with van der Waals surface area (Å²) < 4.78 is 10.9. The van der Waals surface area contributed by atoms with E-state index in [4.69, 9.17) is 15.2 Å². The average Bonchev–Trinajstić information content (AvgIpc) is 2.73. The lowest BCUT2D eigenvalue weighted by Gasteiger charge is -2.39. The van der Waals surface area contributed by atoms with E-state index in [0.717, 1.165) is 55.2 Å². The Morgan fingerprint density at radius 2 is 1.85 bits per heavy atom. The Bertz CT molecular complexity index is 731. The second kappa shape index (κ2) is 9.39. The molecule has 2 aromatic carbocycles. The first-order valence-corrected chi connectivity index (χ1v) is 9.27. The molecule has 27 heavy (non-hydrogen) atoms. The SMILES string of the molecule is COc1cc(N2CCN(C(OC=O)c3ccccc3)CC2)ccc1CCN. The van der Waals surface area contributed by atoms with Gasteiger partial charge < -0.3 is 20.1 Å². The fourth-order valence-corrected chi connectivity index (χ4v) is 3.55. The van der Waals surface area contributed by atoms with Crippen LogP contribution in [0.25, 0.3) is 0 Å². The molecule has 1 saturated heterocycles. The van der Waals surface area contributed by atoms with E-state index in [9.17, 15) is 4.79 Å². The predicted molar refractivity (Wildman–Crippen MR) is 106 cm³/mol. The maximum atomic E-state index is 11.0. The summed E-state index contributed by atoms with van der Waals surface area (Å²) in [7, 11) is 1.69. The fraction of sp³-hybridized carbons (Fsp3) is 0.381. The number of anilines is 1. The number of piperazine rings is 1. The van der Waals surface area contributed by atoms with Crippen LogP contribution in [-0.2, 0) is 16.0 Å². The molecular weight excluding hydrogens is 342 g/mol.